The van der Waals surface area contributed by atoms with Crippen LogP contribution in [0, 0.1) is 0 Å². The molecule has 7 heteroatoms. The van der Waals surface area contributed by atoms with Crippen LogP contribution in [-0.4, -0.2) is 83.4 Å². The summed E-state index contributed by atoms with van der Waals surface area (Å²) in [5.74, 6) is 0. The third kappa shape index (κ3) is 1.18. The number of amides is 4. The predicted molar refractivity (Wildman–Crippen MR) is 55.4 cm³/mol. The summed E-state index contributed by atoms with van der Waals surface area (Å²) in [6.07, 6.45) is -0.571. The van der Waals surface area contributed by atoms with E-state index >= 15 is 0 Å². The van der Waals surface area contributed by atoms with Gasteiger partial charge >= 0.3 is 12.1 Å². The van der Waals surface area contributed by atoms with Crippen LogP contribution in [0.5, 0.6) is 0 Å². The number of urea groups is 2. The number of carbonyl (C=O) groups excluding carboxylic acids is 2. The molecule has 2 rings (SSSR count). The van der Waals surface area contributed by atoms with Crippen molar-refractivity contribution >= 4 is 12.1 Å². The van der Waals surface area contributed by atoms with E-state index in [0.717, 1.165) is 0 Å². The van der Waals surface area contributed by atoms with Gasteiger partial charge in [0.25, 0.3) is 0 Å². The first-order chi connectivity index (χ1) is 7.50. The average Bonchev–Trinajstić information content (AvgIpc) is 2.62. The summed E-state index contributed by atoms with van der Waals surface area (Å²) in [5.41, 5.74) is 0. The van der Waals surface area contributed by atoms with Crippen LogP contribution in [0.4, 0.5) is 9.59 Å². The van der Waals surface area contributed by atoms with E-state index in [9.17, 15) is 9.59 Å². The number of β-amino-alcohol motifs (C(OH)–C–C–N with tert-alkyl or cyclic N) is 1. The first kappa shape index (κ1) is 11.0. The van der Waals surface area contributed by atoms with Gasteiger partial charge in [-0.2, -0.15) is 0 Å². The Morgan fingerprint density at radius 1 is 1.00 bits per heavy atom. The molecule has 0 bridgehead atoms. The van der Waals surface area contributed by atoms with E-state index in [1.165, 1.54) is 14.7 Å². The summed E-state index contributed by atoms with van der Waals surface area (Å²) in [4.78, 5) is 29.7. The number of hydrogen-bond acceptors (Lipinski definition) is 3. The van der Waals surface area contributed by atoms with E-state index in [1.54, 1.807) is 26.0 Å². The summed E-state index contributed by atoms with van der Waals surface area (Å²) in [6.45, 7) is 0.143. The summed E-state index contributed by atoms with van der Waals surface area (Å²) >= 11 is 0. The number of likely N-dealkylation sites (N-methyl/N-ethyl adjacent to an activating group) is 3. The molecule has 7 nitrogen and oxygen atoms in total. The van der Waals surface area contributed by atoms with E-state index in [4.69, 9.17) is 5.11 Å². The molecular formula is C9H16N4O3. The van der Waals surface area contributed by atoms with Crippen LogP contribution < -0.4 is 0 Å². The van der Waals surface area contributed by atoms with E-state index in [0.29, 0.717) is 0 Å². The first-order valence-corrected chi connectivity index (χ1v) is 5.14. The number of nitrogens with zero attached hydrogens (tertiary/aromatic N) is 4. The van der Waals surface area contributed by atoms with Crippen molar-refractivity contribution in [3.8, 4) is 0 Å². The van der Waals surface area contributed by atoms with Gasteiger partial charge < -0.3 is 19.8 Å². The van der Waals surface area contributed by atoms with Gasteiger partial charge in [-0.1, -0.05) is 0 Å². The van der Waals surface area contributed by atoms with Gasteiger partial charge in [0.05, 0.1) is 6.61 Å². The minimum Gasteiger partial charge on any atom is -0.395 e. The lowest BCUT2D eigenvalue weighted by atomic mass is 10.3. The third-order valence-corrected chi connectivity index (χ3v) is 3.27. The van der Waals surface area contributed by atoms with Crippen molar-refractivity contribution in [2.45, 2.75) is 12.3 Å². The quantitative estimate of drug-likeness (QED) is 0.659. The number of aliphatic hydroxyl groups excluding tert-OH is 1. The van der Waals surface area contributed by atoms with Gasteiger partial charge in [0.15, 0.2) is 0 Å². The van der Waals surface area contributed by atoms with Crippen LogP contribution in [0.25, 0.3) is 0 Å². The molecule has 0 radical (unpaired) electrons. The van der Waals surface area contributed by atoms with Crippen molar-refractivity contribution in [3.05, 3.63) is 0 Å². The molecule has 4 amide bonds. The molecule has 2 aliphatic heterocycles. The monoisotopic (exact) mass is 228 g/mol. The first-order valence-electron chi connectivity index (χ1n) is 5.14. The summed E-state index contributed by atoms with van der Waals surface area (Å²) in [7, 11) is 5.01. The fourth-order valence-electron chi connectivity index (χ4n) is 2.47. The highest BCUT2D eigenvalue weighted by molar-refractivity contribution is 5.84. The second-order valence-corrected chi connectivity index (χ2v) is 4.14. The maximum atomic E-state index is 11.9. The molecule has 2 aliphatic rings. The average molecular weight is 228 g/mol. The van der Waals surface area contributed by atoms with Gasteiger partial charge in [0.2, 0.25) is 0 Å². The number of aliphatic hydroxyl groups is 1. The number of carbonyl (C=O) groups is 2. The Kier molecular flexibility index (Phi) is 2.42. The zero-order chi connectivity index (χ0) is 12.0. The van der Waals surface area contributed by atoms with Crippen molar-refractivity contribution < 1.29 is 14.7 Å². The van der Waals surface area contributed by atoms with Gasteiger partial charge in [0.1, 0.15) is 12.3 Å². The van der Waals surface area contributed by atoms with Crippen molar-refractivity contribution in [2.24, 2.45) is 0 Å². The van der Waals surface area contributed by atoms with Crippen molar-refractivity contribution in [1.29, 1.82) is 0 Å². The Balaban J connectivity index is 2.32. The fraction of sp³-hybridized carbons (Fsp3) is 0.778. The highest BCUT2D eigenvalue weighted by Crippen LogP contribution is 2.31. The Labute approximate surface area is 93.8 Å². The van der Waals surface area contributed by atoms with Crippen LogP contribution in [0.2, 0.25) is 0 Å². The topological polar surface area (TPSA) is 67.3 Å². The molecule has 0 aromatic rings. The van der Waals surface area contributed by atoms with Gasteiger partial charge in [-0.25, -0.2) is 9.59 Å². The fourth-order valence-corrected chi connectivity index (χ4v) is 2.47. The molecule has 0 spiro atoms. The van der Waals surface area contributed by atoms with E-state index in [2.05, 4.69) is 0 Å². The number of rotatable bonds is 2. The molecular weight excluding hydrogens is 212 g/mol. The number of fused-ring (bicyclic) bond motifs is 1. The van der Waals surface area contributed by atoms with Crippen LogP contribution in [0.15, 0.2) is 0 Å². The zero-order valence-corrected chi connectivity index (χ0v) is 9.62. The number of hydrogen-bond donors (Lipinski definition) is 1. The SMILES string of the molecule is CN1C(=O)N(C)C2C1N(C)C(=O)N2CCO. The molecule has 2 fully saturated rings. The highest BCUT2D eigenvalue weighted by Gasteiger charge is 2.55. The molecule has 1 N–H and O–H groups in total. The molecule has 2 atom stereocenters. The molecule has 2 heterocycles. The smallest absolute Gasteiger partial charge is 0.323 e. The minimum absolute atomic E-state index is 0.103. The zero-order valence-electron chi connectivity index (χ0n) is 9.62. The summed E-state index contributed by atoms with van der Waals surface area (Å²) in [5, 5.41) is 8.94. The van der Waals surface area contributed by atoms with E-state index < -0.39 is 0 Å². The van der Waals surface area contributed by atoms with Crippen LogP contribution >= 0.6 is 0 Å². The third-order valence-electron chi connectivity index (χ3n) is 3.27. The highest BCUT2D eigenvalue weighted by atomic mass is 16.3. The largest absolute Gasteiger partial charge is 0.395 e. The summed E-state index contributed by atoms with van der Waals surface area (Å²) < 4.78 is 0. The summed E-state index contributed by atoms with van der Waals surface area (Å²) in [6, 6.07) is -0.271. The Bertz CT molecular complexity index is 335. The predicted octanol–water partition coefficient (Wildman–Crippen LogP) is -1.00. The van der Waals surface area contributed by atoms with Gasteiger partial charge in [0, 0.05) is 27.7 Å². The van der Waals surface area contributed by atoms with Crippen LogP contribution in [0.1, 0.15) is 0 Å². The molecule has 0 aromatic heterocycles. The maximum Gasteiger partial charge on any atom is 0.323 e. The standard InChI is InChI=1S/C9H16N4O3/c1-10-6-7(12(3)8(10)15)13(4-5-14)9(16)11(6)2/h6-7,14H,4-5H2,1-3H3. The molecule has 0 aromatic carbocycles. The molecule has 0 aliphatic carbocycles. The van der Waals surface area contributed by atoms with Crippen LogP contribution in [-0.2, 0) is 0 Å². The lowest BCUT2D eigenvalue weighted by molar-refractivity contribution is 0.126. The molecule has 16 heavy (non-hydrogen) atoms. The second kappa shape index (κ2) is 3.51. The maximum absolute atomic E-state index is 11.9. The normalized spacial score (nSPS) is 29.5. The lowest BCUT2D eigenvalue weighted by Gasteiger charge is -2.25. The Hall–Kier alpha value is -1.50. The van der Waals surface area contributed by atoms with Gasteiger partial charge in [-0.15, -0.1) is 0 Å². The molecule has 2 saturated heterocycles. The Morgan fingerprint density at radius 2 is 1.50 bits per heavy atom. The van der Waals surface area contributed by atoms with Crippen LogP contribution in [0.3, 0.4) is 0 Å². The van der Waals surface area contributed by atoms with Crippen molar-refractivity contribution in [2.75, 3.05) is 34.3 Å². The van der Waals surface area contributed by atoms with Gasteiger partial charge in [-0.3, -0.25) is 4.90 Å². The molecule has 2 unspecified atom stereocenters. The lowest BCUT2D eigenvalue weighted by Crippen LogP contribution is -2.45. The molecule has 90 valence electrons. The van der Waals surface area contributed by atoms with E-state index in [-0.39, 0.29) is 37.5 Å². The molecule has 0 saturated carbocycles. The second-order valence-electron chi connectivity index (χ2n) is 4.14. The van der Waals surface area contributed by atoms with Crippen molar-refractivity contribution in [1.82, 2.24) is 19.6 Å². The van der Waals surface area contributed by atoms with Gasteiger partial charge in [-0.05, 0) is 0 Å². The Morgan fingerprint density at radius 3 is 2.06 bits per heavy atom. The van der Waals surface area contributed by atoms with Crippen molar-refractivity contribution in [3.63, 3.8) is 0 Å². The van der Waals surface area contributed by atoms with E-state index in [1.807, 2.05) is 0 Å². The minimum atomic E-state index is -0.304.